The Bertz CT molecular complexity index is 271. The molecular formula is C3H2F9NOP2. The lowest BCUT2D eigenvalue weighted by Crippen LogP contribution is -2.29. The second kappa shape index (κ2) is 4.34. The van der Waals surface area contributed by atoms with Crippen molar-refractivity contribution in [1.29, 1.82) is 0 Å². The molecule has 0 aromatic carbocycles. The normalized spacial score (nSPS) is 16.1. The molecule has 0 rings (SSSR count). The summed E-state index contributed by atoms with van der Waals surface area (Å²) < 4.78 is 115. The zero-order chi connectivity index (χ0) is 13.4. The lowest BCUT2D eigenvalue weighted by Gasteiger charge is -2.24. The Morgan fingerprint density at radius 1 is 0.812 bits per heavy atom. The Morgan fingerprint density at radius 3 is 1.31 bits per heavy atom. The van der Waals surface area contributed by atoms with Gasteiger partial charge in [-0.05, 0) is 0 Å². The summed E-state index contributed by atoms with van der Waals surface area (Å²) in [5.74, 6) is -17.9. The highest BCUT2D eigenvalue weighted by Crippen LogP contribution is 2.70. The van der Waals surface area contributed by atoms with Gasteiger partial charge in [0.25, 0.3) is 0 Å². The molecule has 0 radical (unpaired) electrons. The summed E-state index contributed by atoms with van der Waals surface area (Å²) in [7, 11) is -10.1. The highest BCUT2D eigenvalue weighted by Gasteiger charge is 2.68. The van der Waals surface area contributed by atoms with Crippen LogP contribution < -0.4 is 4.86 Å². The summed E-state index contributed by atoms with van der Waals surface area (Å²) in [5, 5.41) is 0. The fourth-order valence-corrected chi connectivity index (χ4v) is 2.85. The van der Waals surface area contributed by atoms with Crippen molar-refractivity contribution in [3.05, 3.63) is 0 Å². The van der Waals surface area contributed by atoms with Gasteiger partial charge >= 0.3 is 25.0 Å². The first-order valence-electron chi connectivity index (χ1n) is 3.05. The van der Waals surface area contributed by atoms with Crippen molar-refractivity contribution in [2.24, 2.45) is 0 Å². The van der Waals surface area contributed by atoms with Crippen molar-refractivity contribution in [3.8, 4) is 0 Å². The van der Waals surface area contributed by atoms with Crippen LogP contribution >= 0.6 is 16.0 Å². The molecule has 0 aromatic rings. The van der Waals surface area contributed by atoms with Crippen molar-refractivity contribution in [3.63, 3.8) is 0 Å². The van der Waals surface area contributed by atoms with E-state index in [0.29, 0.717) is 0 Å². The molecule has 0 aromatic heterocycles. The molecular weight excluding hydrogens is 299 g/mol. The monoisotopic (exact) mass is 301 g/mol. The van der Waals surface area contributed by atoms with Crippen LogP contribution in [0.4, 0.5) is 39.5 Å². The van der Waals surface area contributed by atoms with Gasteiger partial charge < -0.3 is 0 Å². The number of halogens is 9. The highest BCUT2D eigenvalue weighted by molar-refractivity contribution is 7.70. The number of nitrogens with one attached hydrogen (secondary N) is 1. The Kier molecular flexibility index (Phi) is 4.34. The molecule has 0 fully saturated rings. The van der Waals surface area contributed by atoms with Crippen LogP contribution in [0.15, 0.2) is 0 Å². The molecule has 0 heterocycles. The van der Waals surface area contributed by atoms with Gasteiger partial charge in [-0.1, -0.05) is 0 Å². The van der Waals surface area contributed by atoms with Crippen molar-refractivity contribution < 1.29 is 44.1 Å². The lowest BCUT2D eigenvalue weighted by atomic mass is 11.5. The van der Waals surface area contributed by atoms with E-state index < -0.39 is 33.8 Å². The summed E-state index contributed by atoms with van der Waals surface area (Å²) in [5.41, 5.74) is 0. The van der Waals surface area contributed by atoms with Crippen molar-refractivity contribution in [1.82, 2.24) is 4.86 Å². The van der Waals surface area contributed by atoms with Gasteiger partial charge in [0, 0.05) is 0 Å². The van der Waals surface area contributed by atoms with Gasteiger partial charge in [-0.2, -0.15) is 39.5 Å². The zero-order valence-corrected chi connectivity index (χ0v) is 8.65. The molecule has 0 aliphatic rings. The minimum atomic E-state index is -7.14. The number of hydrogen-bond acceptors (Lipinski definition) is 1. The summed E-state index contributed by atoms with van der Waals surface area (Å²) >= 11 is 0. The van der Waals surface area contributed by atoms with E-state index in [9.17, 15) is 44.1 Å². The molecule has 13 heteroatoms. The van der Waals surface area contributed by atoms with Crippen LogP contribution in [0.3, 0.4) is 0 Å². The summed E-state index contributed by atoms with van der Waals surface area (Å²) in [6, 6.07) is 0. The molecule has 1 unspecified atom stereocenters. The van der Waals surface area contributed by atoms with E-state index >= 15 is 0 Å². The molecule has 1 atom stereocenters. The Morgan fingerprint density at radius 2 is 1.12 bits per heavy atom. The van der Waals surface area contributed by atoms with Gasteiger partial charge in [-0.3, -0.25) is 4.57 Å². The smallest absolute Gasteiger partial charge is 0.287 e. The Hall–Kier alpha value is -0.0100. The van der Waals surface area contributed by atoms with E-state index in [1.165, 1.54) is 0 Å². The van der Waals surface area contributed by atoms with Gasteiger partial charge in [0.1, 0.15) is 0 Å². The first kappa shape index (κ1) is 16.0. The van der Waals surface area contributed by atoms with Crippen LogP contribution in [0, 0.1) is 0 Å². The standard InChI is InChI=1S/C3H2F9NOP2/c4-1(5,6)15-13-16(14,2(7,8)9)3(10,11)12/h15H,(H,13,14). The topological polar surface area (TPSA) is 29.1 Å². The van der Waals surface area contributed by atoms with E-state index in [0.717, 1.165) is 0 Å². The third-order valence-electron chi connectivity index (χ3n) is 1.07. The minimum Gasteiger partial charge on any atom is -0.287 e. The van der Waals surface area contributed by atoms with Gasteiger partial charge in [-0.15, -0.1) is 0 Å². The van der Waals surface area contributed by atoms with Crippen LogP contribution in [0.25, 0.3) is 0 Å². The van der Waals surface area contributed by atoms with E-state index in [1.54, 1.807) is 0 Å². The quantitative estimate of drug-likeness (QED) is 0.617. The highest BCUT2D eigenvalue weighted by atomic mass is 31.2. The Labute approximate surface area is 83.8 Å². The van der Waals surface area contributed by atoms with Crippen molar-refractivity contribution in [2.75, 3.05) is 0 Å². The maximum Gasteiger partial charge on any atom is 0.463 e. The SMILES string of the molecule is O=P(NPC(F)(F)F)(C(F)(F)F)C(F)(F)F. The molecule has 98 valence electrons. The molecule has 0 aliphatic carbocycles. The zero-order valence-electron chi connectivity index (χ0n) is 6.76. The van der Waals surface area contributed by atoms with E-state index in [2.05, 4.69) is 0 Å². The summed E-state index contributed by atoms with van der Waals surface area (Å²) in [6.07, 6.45) is 0. The third-order valence-corrected chi connectivity index (χ3v) is 4.49. The predicted octanol–water partition coefficient (Wildman–Crippen LogP) is 4.01. The molecule has 2 nitrogen and oxygen atoms in total. The summed E-state index contributed by atoms with van der Waals surface area (Å²) in [4.78, 5) is 0.0243. The maximum absolute atomic E-state index is 11.8. The van der Waals surface area contributed by atoms with Gasteiger partial charge in [-0.25, -0.2) is 4.86 Å². The fraction of sp³-hybridized carbons (Fsp3) is 1.00. The lowest BCUT2D eigenvalue weighted by molar-refractivity contribution is -0.0952. The van der Waals surface area contributed by atoms with Gasteiger partial charge in [0.2, 0.25) is 0 Å². The van der Waals surface area contributed by atoms with Crippen LogP contribution in [0.2, 0.25) is 0 Å². The minimum absolute atomic E-state index is 0.0243. The molecule has 0 saturated heterocycles. The van der Waals surface area contributed by atoms with E-state index in [-0.39, 0.29) is 4.86 Å². The third kappa shape index (κ3) is 3.78. The molecule has 0 aliphatic heterocycles. The molecule has 0 spiro atoms. The van der Waals surface area contributed by atoms with Crippen LogP contribution in [0.1, 0.15) is 0 Å². The fourth-order valence-electron chi connectivity index (χ4n) is 0.413. The molecule has 0 bridgehead atoms. The second-order valence-corrected chi connectivity index (χ2v) is 6.22. The Balaban J connectivity index is 5.09. The molecule has 1 N–H and O–H groups in total. The van der Waals surface area contributed by atoms with Crippen molar-refractivity contribution >= 4 is 16.0 Å². The average Bonchev–Trinajstić information content (AvgIpc) is 1.93. The van der Waals surface area contributed by atoms with Gasteiger partial charge in [0.15, 0.2) is 0 Å². The van der Waals surface area contributed by atoms with Crippen LogP contribution in [-0.4, -0.2) is 17.8 Å². The summed E-state index contributed by atoms with van der Waals surface area (Å²) in [6.45, 7) is 0. The number of alkyl halides is 9. The van der Waals surface area contributed by atoms with Crippen molar-refractivity contribution in [2.45, 2.75) is 17.8 Å². The molecule has 16 heavy (non-hydrogen) atoms. The first-order chi connectivity index (χ1) is 6.71. The predicted molar refractivity (Wildman–Crippen MR) is 37.2 cm³/mol. The maximum atomic E-state index is 11.8. The van der Waals surface area contributed by atoms with Crippen LogP contribution in [0.5, 0.6) is 0 Å². The number of rotatable bonds is 2. The van der Waals surface area contributed by atoms with Crippen LogP contribution in [-0.2, 0) is 4.57 Å². The largest absolute Gasteiger partial charge is 0.463 e. The van der Waals surface area contributed by atoms with Gasteiger partial charge in [0.05, 0.1) is 8.73 Å². The van der Waals surface area contributed by atoms with E-state index in [1.807, 2.05) is 0 Å². The first-order valence-corrected chi connectivity index (χ1v) is 5.76. The second-order valence-electron chi connectivity index (χ2n) is 2.28. The average molecular weight is 301 g/mol. The number of hydrogen-bond donors (Lipinski definition) is 1. The van der Waals surface area contributed by atoms with E-state index in [4.69, 9.17) is 0 Å². The molecule has 0 amide bonds. The molecule has 0 saturated carbocycles.